The Bertz CT molecular complexity index is 444. The molecule has 0 unspecified atom stereocenters. The van der Waals surface area contributed by atoms with Gasteiger partial charge in [0.05, 0.1) is 15.6 Å². The minimum absolute atomic E-state index is 0.227. The number of anilines is 1. The van der Waals surface area contributed by atoms with Gasteiger partial charge >= 0.3 is 0 Å². The minimum Gasteiger partial charge on any atom is -0.399 e. The Kier molecular flexibility index (Phi) is 4.28. The van der Waals surface area contributed by atoms with E-state index >= 15 is 0 Å². The van der Waals surface area contributed by atoms with Crippen LogP contribution in [0.3, 0.4) is 0 Å². The molecule has 0 fully saturated rings. The van der Waals surface area contributed by atoms with Gasteiger partial charge in [0.15, 0.2) is 0 Å². The molecule has 0 aromatic heterocycles. The second kappa shape index (κ2) is 5.15. The fourth-order valence-corrected chi connectivity index (χ4v) is 1.66. The Morgan fingerprint density at radius 1 is 1.41 bits per heavy atom. The average Bonchev–Trinajstić information content (AvgIpc) is 2.22. The fourth-order valence-electron chi connectivity index (χ4n) is 1.24. The van der Waals surface area contributed by atoms with Crippen LogP contribution in [0, 0.1) is 0 Å². The van der Waals surface area contributed by atoms with Gasteiger partial charge in [0.25, 0.3) is 5.91 Å². The predicted molar refractivity (Wildman–Crippen MR) is 72.7 cm³/mol. The number of benzene rings is 1. The smallest absolute Gasteiger partial charge is 0.253 e. The van der Waals surface area contributed by atoms with E-state index in [0.717, 1.165) is 6.42 Å². The van der Waals surface area contributed by atoms with E-state index in [1.807, 2.05) is 20.8 Å². The highest BCUT2D eigenvalue weighted by molar-refractivity contribution is 6.44. The normalized spacial score (nSPS) is 11.4. The first-order valence-electron chi connectivity index (χ1n) is 5.34. The quantitative estimate of drug-likeness (QED) is 0.829. The van der Waals surface area contributed by atoms with Gasteiger partial charge in [-0.2, -0.15) is 0 Å². The van der Waals surface area contributed by atoms with Gasteiger partial charge in [0, 0.05) is 11.2 Å². The molecule has 1 amide bonds. The molecule has 3 N–H and O–H groups in total. The maximum Gasteiger partial charge on any atom is 0.253 e. The molecule has 0 atom stereocenters. The lowest BCUT2D eigenvalue weighted by molar-refractivity contribution is 0.0911. The van der Waals surface area contributed by atoms with E-state index in [1.165, 1.54) is 12.1 Å². The van der Waals surface area contributed by atoms with Crippen LogP contribution in [0.15, 0.2) is 12.1 Å². The third-order valence-corrected chi connectivity index (χ3v) is 3.43. The molecule has 1 aromatic rings. The summed E-state index contributed by atoms with van der Waals surface area (Å²) in [7, 11) is 0. The second-order valence-electron chi connectivity index (χ2n) is 4.56. The van der Waals surface area contributed by atoms with Gasteiger partial charge in [-0.05, 0) is 32.4 Å². The van der Waals surface area contributed by atoms with Crippen molar-refractivity contribution in [2.75, 3.05) is 5.73 Å². The lowest BCUT2D eigenvalue weighted by Crippen LogP contribution is -2.42. The zero-order valence-electron chi connectivity index (χ0n) is 10.1. The van der Waals surface area contributed by atoms with E-state index in [-0.39, 0.29) is 21.5 Å². The third kappa shape index (κ3) is 3.51. The molecule has 0 aliphatic rings. The number of nitrogens with one attached hydrogen (secondary N) is 1. The SMILES string of the molecule is CCC(C)(C)NC(=O)c1cc(N)cc(Cl)c1Cl. The molecule has 0 aliphatic heterocycles. The van der Waals surface area contributed by atoms with Gasteiger partial charge in [-0.1, -0.05) is 30.1 Å². The molecule has 0 saturated carbocycles. The number of rotatable bonds is 3. The average molecular weight is 275 g/mol. The molecule has 0 spiro atoms. The molecular weight excluding hydrogens is 259 g/mol. The van der Waals surface area contributed by atoms with Crippen molar-refractivity contribution >= 4 is 34.8 Å². The van der Waals surface area contributed by atoms with E-state index in [1.54, 1.807) is 0 Å². The van der Waals surface area contributed by atoms with Crippen LogP contribution in [0.4, 0.5) is 5.69 Å². The van der Waals surface area contributed by atoms with Crippen molar-refractivity contribution in [1.82, 2.24) is 5.32 Å². The molecule has 17 heavy (non-hydrogen) atoms. The van der Waals surface area contributed by atoms with Gasteiger partial charge in [-0.15, -0.1) is 0 Å². The molecule has 3 nitrogen and oxygen atoms in total. The van der Waals surface area contributed by atoms with E-state index in [0.29, 0.717) is 11.3 Å². The zero-order chi connectivity index (χ0) is 13.2. The van der Waals surface area contributed by atoms with Crippen LogP contribution in [0.1, 0.15) is 37.6 Å². The fraction of sp³-hybridized carbons (Fsp3) is 0.417. The molecule has 0 heterocycles. The van der Waals surface area contributed by atoms with Crippen molar-refractivity contribution in [3.8, 4) is 0 Å². The molecule has 0 saturated heterocycles. The van der Waals surface area contributed by atoms with Crippen LogP contribution in [-0.2, 0) is 0 Å². The van der Waals surface area contributed by atoms with Crippen LogP contribution in [-0.4, -0.2) is 11.4 Å². The predicted octanol–water partition coefficient (Wildman–Crippen LogP) is 3.49. The molecular formula is C12H16Cl2N2O. The van der Waals surface area contributed by atoms with E-state index < -0.39 is 0 Å². The minimum atomic E-state index is -0.294. The Hall–Kier alpha value is -0.930. The molecule has 0 radical (unpaired) electrons. The van der Waals surface area contributed by atoms with Crippen molar-refractivity contribution in [2.45, 2.75) is 32.7 Å². The van der Waals surface area contributed by atoms with Gasteiger partial charge in [0.2, 0.25) is 0 Å². The summed E-state index contributed by atoms with van der Waals surface area (Å²) in [5, 5.41) is 3.39. The summed E-state index contributed by atoms with van der Waals surface area (Å²) in [4.78, 5) is 12.0. The first-order chi connectivity index (χ1) is 7.76. The topological polar surface area (TPSA) is 55.1 Å². The highest BCUT2D eigenvalue weighted by atomic mass is 35.5. The van der Waals surface area contributed by atoms with Gasteiger partial charge in [0.1, 0.15) is 0 Å². The molecule has 0 aliphatic carbocycles. The zero-order valence-corrected chi connectivity index (χ0v) is 11.6. The monoisotopic (exact) mass is 274 g/mol. The molecule has 0 bridgehead atoms. The van der Waals surface area contributed by atoms with Crippen molar-refractivity contribution in [3.63, 3.8) is 0 Å². The molecule has 1 rings (SSSR count). The van der Waals surface area contributed by atoms with Crippen LogP contribution < -0.4 is 11.1 Å². The Morgan fingerprint density at radius 2 is 2.00 bits per heavy atom. The maximum absolute atomic E-state index is 12.0. The number of hydrogen-bond donors (Lipinski definition) is 2. The summed E-state index contributed by atoms with van der Waals surface area (Å²) in [5.41, 5.74) is 6.06. The largest absolute Gasteiger partial charge is 0.399 e. The highest BCUT2D eigenvalue weighted by Crippen LogP contribution is 2.29. The van der Waals surface area contributed by atoms with Gasteiger partial charge in [-0.25, -0.2) is 0 Å². The van der Waals surface area contributed by atoms with E-state index in [2.05, 4.69) is 5.32 Å². The number of halogens is 2. The summed E-state index contributed by atoms with van der Waals surface area (Å²) in [6.07, 6.45) is 0.812. The number of nitrogen functional groups attached to an aromatic ring is 1. The first-order valence-corrected chi connectivity index (χ1v) is 6.09. The van der Waals surface area contributed by atoms with Crippen LogP contribution in [0.25, 0.3) is 0 Å². The third-order valence-electron chi connectivity index (χ3n) is 2.63. The Labute approximate surface area is 111 Å². The second-order valence-corrected chi connectivity index (χ2v) is 5.34. The van der Waals surface area contributed by atoms with Crippen LogP contribution in [0.2, 0.25) is 10.0 Å². The summed E-state index contributed by atoms with van der Waals surface area (Å²) in [5.74, 6) is -0.268. The number of amides is 1. The van der Waals surface area contributed by atoms with E-state index in [4.69, 9.17) is 28.9 Å². The summed E-state index contributed by atoms with van der Waals surface area (Å²) in [6.45, 7) is 5.87. The van der Waals surface area contributed by atoms with Gasteiger partial charge in [-0.3, -0.25) is 4.79 Å². The number of carbonyl (C=O) groups is 1. The number of nitrogens with two attached hydrogens (primary N) is 1. The standard InChI is InChI=1S/C12H16Cl2N2O/c1-4-12(2,3)16-11(17)8-5-7(15)6-9(13)10(8)14/h5-6H,4,15H2,1-3H3,(H,16,17). The lowest BCUT2D eigenvalue weighted by Gasteiger charge is -2.24. The maximum atomic E-state index is 12.0. The van der Waals surface area contributed by atoms with Crippen LogP contribution in [0.5, 0.6) is 0 Å². The lowest BCUT2D eigenvalue weighted by atomic mass is 10.0. The highest BCUT2D eigenvalue weighted by Gasteiger charge is 2.21. The first kappa shape index (κ1) is 14.1. The van der Waals surface area contributed by atoms with Crippen molar-refractivity contribution in [2.24, 2.45) is 0 Å². The molecule has 1 aromatic carbocycles. The molecule has 5 heteroatoms. The molecule has 94 valence electrons. The van der Waals surface area contributed by atoms with Crippen molar-refractivity contribution in [3.05, 3.63) is 27.7 Å². The summed E-state index contributed by atoms with van der Waals surface area (Å²) < 4.78 is 0. The summed E-state index contributed by atoms with van der Waals surface area (Å²) >= 11 is 11.9. The van der Waals surface area contributed by atoms with Gasteiger partial charge < -0.3 is 11.1 Å². The number of hydrogen-bond acceptors (Lipinski definition) is 2. The Morgan fingerprint density at radius 3 is 2.53 bits per heavy atom. The van der Waals surface area contributed by atoms with Crippen LogP contribution >= 0.6 is 23.2 Å². The van der Waals surface area contributed by atoms with Crippen molar-refractivity contribution in [1.29, 1.82) is 0 Å². The van der Waals surface area contributed by atoms with Crippen molar-refractivity contribution < 1.29 is 4.79 Å². The van der Waals surface area contributed by atoms with E-state index in [9.17, 15) is 4.79 Å². The number of carbonyl (C=O) groups excluding carboxylic acids is 1. The Balaban J connectivity index is 3.05. The summed E-state index contributed by atoms with van der Waals surface area (Å²) in [6, 6.07) is 3.04.